The molecule has 2 heteroatoms. The summed E-state index contributed by atoms with van der Waals surface area (Å²) in [6.45, 7) is 4.00. The van der Waals surface area contributed by atoms with Crippen LogP contribution in [0.25, 0.3) is 0 Å². The first kappa shape index (κ1) is 8.85. The van der Waals surface area contributed by atoms with Gasteiger partial charge in [0.15, 0.2) is 0 Å². The van der Waals surface area contributed by atoms with Gasteiger partial charge in [0.1, 0.15) is 0 Å². The molecular weight excluding hydrogens is 70.1 g/mol. The van der Waals surface area contributed by atoms with E-state index in [0.717, 1.165) is 0 Å². The summed E-state index contributed by atoms with van der Waals surface area (Å²) >= 11 is 3.03. The fourth-order valence-electron chi connectivity index (χ4n) is 0. The molecule has 0 atom stereocenters. The minimum atomic E-state index is 2.00. The third kappa shape index (κ3) is 41.3. The Hall–Kier alpha value is 0.310. The van der Waals surface area contributed by atoms with Crippen LogP contribution in [0.15, 0.2) is 0 Å². The predicted molar refractivity (Wildman–Crippen MR) is 24.5 cm³/mol. The molecule has 0 aliphatic heterocycles. The fraction of sp³-hybridized carbons (Fsp3) is 1.00. The van der Waals surface area contributed by atoms with Crippen molar-refractivity contribution in [3.63, 3.8) is 0 Å². The summed E-state index contributed by atoms with van der Waals surface area (Å²) in [6.07, 6.45) is 0. The summed E-state index contributed by atoms with van der Waals surface area (Å²) in [4.78, 5) is 0. The Bertz CT molecular complexity index is 6.00. The van der Waals surface area contributed by atoms with Gasteiger partial charge in [-0.3, -0.25) is 5.14 Å². The highest BCUT2D eigenvalue weighted by atomic mass is 32.1. The lowest BCUT2D eigenvalue weighted by Crippen LogP contribution is -1.49. The van der Waals surface area contributed by atoms with Gasteiger partial charge in [0, 0.05) is 0 Å². The Balaban J connectivity index is 0. The van der Waals surface area contributed by atoms with Crippen LogP contribution in [0.2, 0.25) is 0 Å². The molecule has 0 aromatic carbocycles. The van der Waals surface area contributed by atoms with Gasteiger partial charge in [-0.05, 0) is 0 Å². The van der Waals surface area contributed by atoms with Crippen LogP contribution in [0.1, 0.15) is 13.8 Å². The molecule has 2 N–H and O–H groups in total. The van der Waals surface area contributed by atoms with Crippen molar-refractivity contribution in [3.8, 4) is 0 Å². The lowest BCUT2D eigenvalue weighted by molar-refractivity contribution is 1.50. The van der Waals surface area contributed by atoms with E-state index in [2.05, 4.69) is 18.0 Å². The third-order valence-electron chi connectivity index (χ3n) is 0. The van der Waals surface area contributed by atoms with Crippen LogP contribution in [0, 0.1) is 0 Å². The molecule has 0 radical (unpaired) electrons. The molecule has 0 unspecified atom stereocenters. The Morgan fingerprint density at radius 3 is 1.25 bits per heavy atom. The van der Waals surface area contributed by atoms with Gasteiger partial charge in [0.25, 0.3) is 0 Å². The van der Waals surface area contributed by atoms with Crippen LogP contribution in [0.5, 0.6) is 0 Å². The largest absolute Gasteiger partial charge is 0.281 e. The van der Waals surface area contributed by atoms with Gasteiger partial charge in [-0.15, -0.1) is 12.8 Å². The first-order valence-corrected chi connectivity index (χ1v) is 1.77. The van der Waals surface area contributed by atoms with Crippen molar-refractivity contribution in [2.45, 2.75) is 13.8 Å². The van der Waals surface area contributed by atoms with Gasteiger partial charge in [-0.2, -0.15) is 0 Å². The summed E-state index contributed by atoms with van der Waals surface area (Å²) in [5.74, 6) is 0. The van der Waals surface area contributed by atoms with Crippen LogP contribution in [0.4, 0.5) is 0 Å². The lowest BCUT2D eigenvalue weighted by atomic mass is 11.0. The quantitative estimate of drug-likeness (QED) is 0.413. The topological polar surface area (TPSA) is 26.0 Å². The Morgan fingerprint density at radius 2 is 1.25 bits per heavy atom. The molecule has 4 heavy (non-hydrogen) atoms. The summed E-state index contributed by atoms with van der Waals surface area (Å²) < 4.78 is 0. The molecule has 0 bridgehead atoms. The van der Waals surface area contributed by atoms with Crippen molar-refractivity contribution in [1.82, 2.24) is 0 Å². The molecule has 28 valence electrons. The molecule has 0 amide bonds. The Kier molecular flexibility index (Phi) is 407. The van der Waals surface area contributed by atoms with Gasteiger partial charge in [-0.1, -0.05) is 13.8 Å². The third-order valence-corrected chi connectivity index (χ3v) is 0. The van der Waals surface area contributed by atoms with Gasteiger partial charge < -0.3 is 0 Å². The highest BCUT2D eigenvalue weighted by Crippen LogP contribution is 1.14. The number of nitrogens with two attached hydrogens (primary N) is 1. The van der Waals surface area contributed by atoms with E-state index in [9.17, 15) is 0 Å². The Morgan fingerprint density at radius 1 is 1.25 bits per heavy atom. The molecule has 0 saturated heterocycles. The normalized spacial score (nSPS) is 3.00. The van der Waals surface area contributed by atoms with Crippen LogP contribution in [-0.2, 0) is 0 Å². The molecule has 0 heterocycles. The van der Waals surface area contributed by atoms with Crippen LogP contribution in [-0.4, -0.2) is 0 Å². The minimum absolute atomic E-state index is 2.00. The summed E-state index contributed by atoms with van der Waals surface area (Å²) in [5.41, 5.74) is 0. The SMILES string of the molecule is CC.NS. The fourth-order valence-corrected chi connectivity index (χ4v) is 0. The lowest BCUT2D eigenvalue weighted by Gasteiger charge is -1.20. The second-order valence-electron chi connectivity index (χ2n) is 0. The number of hydrogen-bond donors (Lipinski definition) is 2. The highest BCUT2D eigenvalue weighted by Gasteiger charge is 0.932. The van der Waals surface area contributed by atoms with Crippen molar-refractivity contribution in [2.24, 2.45) is 5.14 Å². The van der Waals surface area contributed by atoms with E-state index in [4.69, 9.17) is 0 Å². The highest BCUT2D eigenvalue weighted by molar-refractivity contribution is 7.77. The maximum Gasteiger partial charge on any atom is -0.0683 e. The van der Waals surface area contributed by atoms with E-state index >= 15 is 0 Å². The van der Waals surface area contributed by atoms with E-state index in [-0.39, 0.29) is 0 Å². The van der Waals surface area contributed by atoms with Crippen molar-refractivity contribution in [1.29, 1.82) is 0 Å². The predicted octanol–water partition coefficient (Wildman–Crippen LogP) is 0.816. The van der Waals surface area contributed by atoms with E-state index in [1.165, 1.54) is 0 Å². The molecule has 0 fully saturated rings. The molecule has 0 aliphatic rings. The number of rotatable bonds is 0. The van der Waals surface area contributed by atoms with Crippen LogP contribution >= 0.6 is 12.8 Å². The molecular formula is C2H9NS. The molecule has 0 spiro atoms. The van der Waals surface area contributed by atoms with Gasteiger partial charge >= 0.3 is 0 Å². The van der Waals surface area contributed by atoms with Gasteiger partial charge in [0.2, 0.25) is 0 Å². The smallest absolute Gasteiger partial charge is 0.0683 e. The van der Waals surface area contributed by atoms with Crippen molar-refractivity contribution < 1.29 is 0 Å². The standard InChI is InChI=1S/C2H6.H3NS/c2*1-2/h1-2H3;2H,1H2. The van der Waals surface area contributed by atoms with Crippen LogP contribution < -0.4 is 5.14 Å². The van der Waals surface area contributed by atoms with E-state index < -0.39 is 0 Å². The first-order chi connectivity index (χ1) is 2.00. The Labute approximate surface area is 32.7 Å². The molecule has 0 rings (SSSR count). The van der Waals surface area contributed by atoms with Gasteiger partial charge in [-0.25, -0.2) is 0 Å². The average molecular weight is 79.2 g/mol. The maximum absolute atomic E-state index is 4.19. The maximum atomic E-state index is 4.19. The van der Waals surface area contributed by atoms with E-state index in [1.54, 1.807) is 0 Å². The molecule has 0 aliphatic carbocycles. The minimum Gasteiger partial charge on any atom is -0.281 e. The van der Waals surface area contributed by atoms with Crippen molar-refractivity contribution in [2.75, 3.05) is 0 Å². The average Bonchev–Trinajstić information content (AvgIpc) is 1.50. The molecule has 0 aromatic rings. The zero-order chi connectivity index (χ0) is 4.00. The summed E-state index contributed by atoms with van der Waals surface area (Å²) in [7, 11) is 0. The zero-order valence-electron chi connectivity index (χ0n) is 3.02. The van der Waals surface area contributed by atoms with E-state index in [0.29, 0.717) is 0 Å². The number of hydrogen-bond acceptors (Lipinski definition) is 2. The first-order valence-electron chi connectivity index (χ1n) is 1.26. The van der Waals surface area contributed by atoms with Crippen molar-refractivity contribution in [3.05, 3.63) is 0 Å². The zero-order valence-corrected chi connectivity index (χ0v) is 3.92. The summed E-state index contributed by atoms with van der Waals surface area (Å²) in [6, 6.07) is 0. The molecule has 1 nitrogen and oxygen atoms in total. The second kappa shape index (κ2) is 184. The summed E-state index contributed by atoms with van der Waals surface area (Å²) in [5, 5.41) is 4.19. The monoisotopic (exact) mass is 79.0 g/mol. The van der Waals surface area contributed by atoms with Gasteiger partial charge in [0.05, 0.1) is 0 Å². The molecule has 0 saturated carbocycles. The van der Waals surface area contributed by atoms with E-state index in [1.807, 2.05) is 13.8 Å². The molecule has 0 aromatic heterocycles. The van der Waals surface area contributed by atoms with Crippen LogP contribution in [0.3, 0.4) is 0 Å². The second-order valence-corrected chi connectivity index (χ2v) is 0. The number of thiol groups is 1. The van der Waals surface area contributed by atoms with Crippen molar-refractivity contribution >= 4 is 12.8 Å².